The van der Waals surface area contributed by atoms with Gasteiger partial charge in [0.05, 0.1) is 0 Å². The second-order valence-electron chi connectivity index (χ2n) is 2.44. The van der Waals surface area contributed by atoms with E-state index < -0.39 is 18.0 Å². The molecule has 0 saturated heterocycles. The van der Waals surface area contributed by atoms with E-state index in [4.69, 9.17) is 5.73 Å². The molecule has 76 valence electrons. The van der Waals surface area contributed by atoms with E-state index in [9.17, 15) is 18.0 Å². The molecule has 0 unspecified atom stereocenters. The van der Waals surface area contributed by atoms with Crippen LogP contribution in [0.1, 0.15) is 10.4 Å². The molecule has 1 aromatic carbocycles. The van der Waals surface area contributed by atoms with Crippen LogP contribution in [0.5, 0.6) is 5.75 Å². The van der Waals surface area contributed by atoms with Crippen molar-refractivity contribution in [1.82, 2.24) is 0 Å². The maximum absolute atomic E-state index is 11.7. The fraction of sp³-hybridized carbons (Fsp3) is 0.125. The predicted molar refractivity (Wildman–Crippen MR) is 41.6 cm³/mol. The summed E-state index contributed by atoms with van der Waals surface area (Å²) in [6.07, 6.45) is -4.77. The average molecular weight is 205 g/mol. The summed E-state index contributed by atoms with van der Waals surface area (Å²) in [6, 6.07) is 4.56. The quantitative estimate of drug-likeness (QED) is 0.798. The third-order valence-electron chi connectivity index (χ3n) is 1.35. The van der Waals surface area contributed by atoms with E-state index >= 15 is 0 Å². The number of halogens is 3. The van der Waals surface area contributed by atoms with E-state index in [1.807, 2.05) is 0 Å². The number of carbonyl (C=O) groups is 1. The molecule has 6 heteroatoms. The highest BCUT2D eigenvalue weighted by atomic mass is 19.4. The van der Waals surface area contributed by atoms with Crippen LogP contribution in [0.2, 0.25) is 0 Å². The summed E-state index contributed by atoms with van der Waals surface area (Å²) < 4.78 is 38.8. The molecule has 3 nitrogen and oxygen atoms in total. The van der Waals surface area contributed by atoms with Crippen molar-refractivity contribution >= 4 is 5.91 Å². The first-order valence-electron chi connectivity index (χ1n) is 3.54. The minimum atomic E-state index is -4.77. The first-order chi connectivity index (χ1) is 6.38. The van der Waals surface area contributed by atoms with Gasteiger partial charge in [0.1, 0.15) is 5.75 Å². The van der Waals surface area contributed by atoms with Crippen LogP contribution >= 0.6 is 0 Å². The number of amides is 1. The summed E-state index contributed by atoms with van der Waals surface area (Å²) in [5.41, 5.74) is 4.84. The topological polar surface area (TPSA) is 52.3 Å². The van der Waals surface area contributed by atoms with Gasteiger partial charge >= 0.3 is 6.36 Å². The van der Waals surface area contributed by atoms with Gasteiger partial charge in [-0.15, -0.1) is 13.2 Å². The second kappa shape index (κ2) is 3.57. The van der Waals surface area contributed by atoms with Crippen molar-refractivity contribution in [2.45, 2.75) is 6.36 Å². The molecule has 2 N–H and O–H groups in total. The van der Waals surface area contributed by atoms with Crippen LogP contribution in [0.15, 0.2) is 24.3 Å². The van der Waals surface area contributed by atoms with Crippen LogP contribution in [0, 0.1) is 0 Å². The smallest absolute Gasteiger partial charge is 0.406 e. The van der Waals surface area contributed by atoms with Crippen molar-refractivity contribution in [3.05, 3.63) is 29.8 Å². The lowest BCUT2D eigenvalue weighted by Crippen LogP contribution is -2.18. The van der Waals surface area contributed by atoms with Crippen molar-refractivity contribution in [2.75, 3.05) is 0 Å². The van der Waals surface area contributed by atoms with E-state index in [-0.39, 0.29) is 5.56 Å². The zero-order valence-electron chi connectivity index (χ0n) is 6.84. The Bertz CT molecular complexity index is 349. The Hall–Kier alpha value is -1.72. The molecule has 0 atom stereocenters. The average Bonchev–Trinajstić information content (AvgIpc) is 2.01. The zero-order valence-corrected chi connectivity index (χ0v) is 6.84. The number of nitrogens with two attached hydrogens (primary N) is 1. The molecular formula is C8H6F3NO2. The van der Waals surface area contributed by atoms with Crippen LogP contribution in [0.25, 0.3) is 0 Å². The third kappa shape index (κ3) is 2.96. The molecule has 0 fully saturated rings. The SMILES string of the molecule is NC(=O)c1cccc(OC(F)(F)F)c1. The molecule has 0 aliphatic rings. The maximum atomic E-state index is 11.7. The van der Waals surface area contributed by atoms with E-state index in [0.717, 1.165) is 12.1 Å². The van der Waals surface area contributed by atoms with Crippen LogP contribution in [-0.4, -0.2) is 12.3 Å². The monoisotopic (exact) mass is 205 g/mol. The Morgan fingerprint density at radius 3 is 2.50 bits per heavy atom. The van der Waals surface area contributed by atoms with E-state index in [1.165, 1.54) is 12.1 Å². The van der Waals surface area contributed by atoms with Crippen molar-refractivity contribution in [3.63, 3.8) is 0 Å². The van der Waals surface area contributed by atoms with Gasteiger partial charge in [0.15, 0.2) is 0 Å². The molecule has 14 heavy (non-hydrogen) atoms. The standard InChI is InChI=1S/C8H6F3NO2/c9-8(10,11)14-6-3-1-2-5(4-6)7(12)13/h1-4H,(H2,12,13). The highest BCUT2D eigenvalue weighted by molar-refractivity contribution is 5.93. The second-order valence-corrected chi connectivity index (χ2v) is 2.44. The van der Waals surface area contributed by atoms with Crippen molar-refractivity contribution in [3.8, 4) is 5.75 Å². The Balaban J connectivity index is 2.89. The molecule has 0 aromatic heterocycles. The lowest BCUT2D eigenvalue weighted by molar-refractivity contribution is -0.274. The molecule has 0 heterocycles. The third-order valence-corrected chi connectivity index (χ3v) is 1.35. The van der Waals surface area contributed by atoms with Crippen molar-refractivity contribution in [2.24, 2.45) is 5.73 Å². The first-order valence-corrected chi connectivity index (χ1v) is 3.54. The number of benzene rings is 1. The van der Waals surface area contributed by atoms with Crippen molar-refractivity contribution in [1.29, 1.82) is 0 Å². The van der Waals surface area contributed by atoms with Gasteiger partial charge in [-0.05, 0) is 18.2 Å². The fourth-order valence-electron chi connectivity index (χ4n) is 0.846. The van der Waals surface area contributed by atoms with Gasteiger partial charge < -0.3 is 10.5 Å². The molecular weight excluding hydrogens is 199 g/mol. The van der Waals surface area contributed by atoms with Gasteiger partial charge in [0, 0.05) is 5.56 Å². The first kappa shape index (κ1) is 10.4. The summed E-state index contributed by atoms with van der Waals surface area (Å²) in [4.78, 5) is 10.6. The normalized spacial score (nSPS) is 11.1. The molecule has 1 amide bonds. The Morgan fingerprint density at radius 2 is 2.00 bits per heavy atom. The van der Waals surface area contributed by atoms with Crippen LogP contribution in [0.4, 0.5) is 13.2 Å². The van der Waals surface area contributed by atoms with Gasteiger partial charge in [0.2, 0.25) is 5.91 Å². The van der Waals surface area contributed by atoms with Crippen LogP contribution in [0.3, 0.4) is 0 Å². The Morgan fingerprint density at radius 1 is 1.36 bits per heavy atom. The summed E-state index contributed by atoms with van der Waals surface area (Å²) in [7, 11) is 0. The van der Waals surface area contributed by atoms with Gasteiger partial charge in [-0.2, -0.15) is 0 Å². The number of alkyl halides is 3. The number of ether oxygens (including phenoxy) is 1. The molecule has 0 spiro atoms. The Kier molecular flexibility index (Phi) is 2.64. The lowest BCUT2D eigenvalue weighted by Gasteiger charge is -2.08. The molecule has 0 bridgehead atoms. The molecule has 0 saturated carbocycles. The predicted octanol–water partition coefficient (Wildman–Crippen LogP) is 1.68. The van der Waals surface area contributed by atoms with E-state index in [0.29, 0.717) is 0 Å². The van der Waals surface area contributed by atoms with Gasteiger partial charge in [-0.3, -0.25) is 4.79 Å². The Labute approximate surface area is 77.3 Å². The largest absolute Gasteiger partial charge is 0.573 e. The van der Waals surface area contributed by atoms with Gasteiger partial charge in [-0.1, -0.05) is 6.07 Å². The summed E-state index contributed by atoms with van der Waals surface area (Å²) in [6.45, 7) is 0. The van der Waals surface area contributed by atoms with E-state index in [2.05, 4.69) is 4.74 Å². The minimum absolute atomic E-state index is 0.0354. The molecule has 1 rings (SSSR count). The lowest BCUT2D eigenvalue weighted by atomic mass is 10.2. The number of carbonyl (C=O) groups excluding carboxylic acids is 1. The number of hydrogen-bond donors (Lipinski definition) is 1. The zero-order chi connectivity index (χ0) is 10.8. The number of hydrogen-bond acceptors (Lipinski definition) is 2. The molecule has 0 aliphatic carbocycles. The maximum Gasteiger partial charge on any atom is 0.573 e. The van der Waals surface area contributed by atoms with Crippen LogP contribution < -0.4 is 10.5 Å². The number of rotatable bonds is 2. The molecule has 0 radical (unpaired) electrons. The van der Waals surface area contributed by atoms with Gasteiger partial charge in [-0.25, -0.2) is 0 Å². The summed E-state index contributed by atoms with van der Waals surface area (Å²) in [5.74, 6) is -1.27. The van der Waals surface area contributed by atoms with Gasteiger partial charge in [0.25, 0.3) is 0 Å². The van der Waals surface area contributed by atoms with E-state index in [1.54, 1.807) is 0 Å². The van der Waals surface area contributed by atoms with Crippen LogP contribution in [-0.2, 0) is 0 Å². The minimum Gasteiger partial charge on any atom is -0.406 e. The summed E-state index contributed by atoms with van der Waals surface area (Å²) in [5, 5.41) is 0. The van der Waals surface area contributed by atoms with Crippen molar-refractivity contribution < 1.29 is 22.7 Å². The molecule has 1 aromatic rings. The highest BCUT2D eigenvalue weighted by Crippen LogP contribution is 2.22. The number of primary amides is 1. The highest BCUT2D eigenvalue weighted by Gasteiger charge is 2.31. The summed E-state index contributed by atoms with van der Waals surface area (Å²) >= 11 is 0. The molecule has 0 aliphatic heterocycles. The fourth-order valence-corrected chi connectivity index (χ4v) is 0.846.